The molecule has 1 aromatic rings. The second-order valence-electron chi connectivity index (χ2n) is 3.75. The predicted octanol–water partition coefficient (Wildman–Crippen LogP) is 1.62. The summed E-state index contributed by atoms with van der Waals surface area (Å²) >= 11 is 0. The molecule has 1 heterocycles. The fraction of sp³-hybridized carbons (Fsp3) is 0.455. The average Bonchev–Trinajstić information content (AvgIpc) is 2.28. The summed E-state index contributed by atoms with van der Waals surface area (Å²) in [6.07, 6.45) is -0.756. The third kappa shape index (κ3) is 2.55. The van der Waals surface area contributed by atoms with Crippen LogP contribution in [-0.4, -0.2) is 24.9 Å². The van der Waals surface area contributed by atoms with Crippen molar-refractivity contribution >= 4 is 0 Å². The quantitative estimate of drug-likeness (QED) is 0.839. The Bertz CT molecular complexity index is 342. The van der Waals surface area contributed by atoms with Crippen LogP contribution in [0.4, 0.5) is 8.78 Å². The van der Waals surface area contributed by atoms with E-state index in [1.165, 1.54) is 12.1 Å². The van der Waals surface area contributed by atoms with Crippen molar-refractivity contribution in [1.82, 2.24) is 0 Å². The van der Waals surface area contributed by atoms with E-state index in [0.717, 1.165) is 6.07 Å². The van der Waals surface area contributed by atoms with E-state index in [-0.39, 0.29) is 12.5 Å². The molecule has 1 fully saturated rings. The smallest absolute Gasteiger partial charge is 0.184 e. The van der Waals surface area contributed by atoms with Gasteiger partial charge in [0.05, 0.1) is 19.8 Å². The van der Waals surface area contributed by atoms with Crippen LogP contribution in [-0.2, 0) is 9.47 Å². The molecule has 88 valence electrons. The molecule has 0 atom stereocenters. The van der Waals surface area contributed by atoms with Crippen LogP contribution in [0.5, 0.6) is 0 Å². The Morgan fingerprint density at radius 1 is 1.12 bits per heavy atom. The van der Waals surface area contributed by atoms with Crippen molar-refractivity contribution in [3.8, 4) is 0 Å². The van der Waals surface area contributed by atoms with Crippen LogP contribution < -0.4 is 0 Å². The number of hydrogen-bond donors (Lipinski definition) is 1. The zero-order valence-corrected chi connectivity index (χ0v) is 8.53. The molecule has 0 aromatic heterocycles. The predicted molar refractivity (Wildman–Crippen MR) is 51.6 cm³/mol. The van der Waals surface area contributed by atoms with Crippen molar-refractivity contribution in [3.05, 3.63) is 35.4 Å². The van der Waals surface area contributed by atoms with E-state index in [1.54, 1.807) is 0 Å². The van der Waals surface area contributed by atoms with Crippen molar-refractivity contribution in [3.63, 3.8) is 0 Å². The lowest BCUT2D eigenvalue weighted by Gasteiger charge is -2.28. The number of aliphatic hydroxyl groups excluding tert-OH is 1. The molecule has 1 N–H and O–H groups in total. The summed E-state index contributed by atoms with van der Waals surface area (Å²) < 4.78 is 36.4. The molecule has 0 unspecified atom stereocenters. The van der Waals surface area contributed by atoms with Crippen LogP contribution in [0.15, 0.2) is 18.2 Å². The lowest BCUT2D eigenvalue weighted by Crippen LogP contribution is -2.29. The van der Waals surface area contributed by atoms with Gasteiger partial charge in [0.1, 0.15) is 11.6 Å². The van der Waals surface area contributed by atoms with Gasteiger partial charge in [-0.05, 0) is 12.1 Å². The summed E-state index contributed by atoms with van der Waals surface area (Å²) in [6, 6.07) is 3.14. The number of hydrogen-bond acceptors (Lipinski definition) is 3. The number of rotatable bonds is 2. The van der Waals surface area contributed by atoms with E-state index in [1.807, 2.05) is 0 Å². The maximum Gasteiger partial charge on any atom is 0.184 e. The fourth-order valence-electron chi connectivity index (χ4n) is 1.55. The van der Waals surface area contributed by atoms with Crippen molar-refractivity contribution in [2.75, 3.05) is 19.8 Å². The van der Waals surface area contributed by atoms with Crippen LogP contribution in [0.3, 0.4) is 0 Å². The third-order valence-electron chi connectivity index (χ3n) is 2.38. The van der Waals surface area contributed by atoms with Crippen LogP contribution in [0.1, 0.15) is 11.9 Å². The highest BCUT2D eigenvalue weighted by molar-refractivity contribution is 5.19. The minimum atomic E-state index is -0.756. The summed E-state index contributed by atoms with van der Waals surface area (Å²) in [5.74, 6) is -1.40. The van der Waals surface area contributed by atoms with Crippen molar-refractivity contribution in [2.24, 2.45) is 5.92 Å². The molecule has 3 nitrogen and oxygen atoms in total. The first-order valence-electron chi connectivity index (χ1n) is 4.99. The van der Waals surface area contributed by atoms with Gasteiger partial charge in [-0.1, -0.05) is 0 Å². The summed E-state index contributed by atoms with van der Waals surface area (Å²) in [4.78, 5) is 0. The molecular weight excluding hydrogens is 218 g/mol. The first-order valence-corrected chi connectivity index (χ1v) is 4.99. The van der Waals surface area contributed by atoms with Crippen molar-refractivity contribution < 1.29 is 23.4 Å². The van der Waals surface area contributed by atoms with Gasteiger partial charge >= 0.3 is 0 Å². The fourth-order valence-corrected chi connectivity index (χ4v) is 1.55. The SMILES string of the molecule is OCC1COC(c2cc(F)cc(F)c2)OC1. The summed E-state index contributed by atoms with van der Waals surface area (Å²) in [6.45, 7) is 0.614. The zero-order chi connectivity index (χ0) is 11.5. The monoisotopic (exact) mass is 230 g/mol. The molecule has 0 bridgehead atoms. The maximum absolute atomic E-state index is 12.9. The number of ether oxygens (including phenoxy) is 2. The Kier molecular flexibility index (Phi) is 3.48. The van der Waals surface area contributed by atoms with Gasteiger partial charge in [-0.15, -0.1) is 0 Å². The number of aliphatic hydroxyl groups is 1. The molecule has 1 aliphatic rings. The second kappa shape index (κ2) is 4.86. The molecule has 5 heteroatoms. The van der Waals surface area contributed by atoms with Crippen LogP contribution in [0.2, 0.25) is 0 Å². The van der Waals surface area contributed by atoms with E-state index in [9.17, 15) is 8.78 Å². The Hall–Kier alpha value is -1.04. The van der Waals surface area contributed by atoms with E-state index in [0.29, 0.717) is 18.8 Å². The van der Waals surface area contributed by atoms with Gasteiger partial charge in [-0.25, -0.2) is 8.78 Å². The van der Waals surface area contributed by atoms with Gasteiger partial charge in [0.25, 0.3) is 0 Å². The molecule has 1 saturated heterocycles. The van der Waals surface area contributed by atoms with E-state index in [4.69, 9.17) is 14.6 Å². The van der Waals surface area contributed by atoms with Crippen molar-refractivity contribution in [1.29, 1.82) is 0 Å². The van der Waals surface area contributed by atoms with Crippen molar-refractivity contribution in [2.45, 2.75) is 6.29 Å². The summed E-state index contributed by atoms with van der Waals surface area (Å²) in [5, 5.41) is 8.86. The second-order valence-corrected chi connectivity index (χ2v) is 3.75. The molecule has 0 spiro atoms. The first-order chi connectivity index (χ1) is 7.69. The Balaban J connectivity index is 2.08. The van der Waals surface area contributed by atoms with Gasteiger partial charge < -0.3 is 14.6 Å². The molecule has 0 saturated carbocycles. The normalized spacial score (nSPS) is 25.7. The molecular formula is C11H12F2O3. The highest BCUT2D eigenvalue weighted by atomic mass is 19.1. The van der Waals surface area contributed by atoms with Crippen LogP contribution >= 0.6 is 0 Å². The van der Waals surface area contributed by atoms with E-state index >= 15 is 0 Å². The summed E-state index contributed by atoms with van der Waals surface area (Å²) in [7, 11) is 0. The molecule has 0 amide bonds. The maximum atomic E-state index is 12.9. The molecule has 0 radical (unpaired) electrons. The molecule has 16 heavy (non-hydrogen) atoms. The standard InChI is InChI=1S/C11H12F2O3/c12-9-1-8(2-10(13)3-9)11-15-5-7(4-14)6-16-11/h1-3,7,11,14H,4-6H2. The first kappa shape index (κ1) is 11.4. The molecule has 1 aromatic carbocycles. The topological polar surface area (TPSA) is 38.7 Å². The molecule has 1 aliphatic heterocycles. The zero-order valence-electron chi connectivity index (χ0n) is 8.53. The van der Waals surface area contributed by atoms with Crippen LogP contribution in [0, 0.1) is 17.6 Å². The van der Waals surface area contributed by atoms with E-state index < -0.39 is 17.9 Å². The number of halogens is 2. The average molecular weight is 230 g/mol. The van der Waals surface area contributed by atoms with Gasteiger partial charge in [0, 0.05) is 17.5 Å². The molecule has 0 aliphatic carbocycles. The lowest BCUT2D eigenvalue weighted by atomic mass is 10.1. The van der Waals surface area contributed by atoms with Gasteiger partial charge in [0.15, 0.2) is 6.29 Å². The Morgan fingerprint density at radius 3 is 2.19 bits per heavy atom. The molecule has 2 rings (SSSR count). The van der Waals surface area contributed by atoms with Gasteiger partial charge in [-0.2, -0.15) is 0 Å². The van der Waals surface area contributed by atoms with Crippen LogP contribution in [0.25, 0.3) is 0 Å². The Morgan fingerprint density at radius 2 is 1.69 bits per heavy atom. The highest BCUT2D eigenvalue weighted by Crippen LogP contribution is 2.25. The Labute approximate surface area is 91.6 Å². The lowest BCUT2D eigenvalue weighted by molar-refractivity contribution is -0.209. The van der Waals surface area contributed by atoms with Gasteiger partial charge in [0.2, 0.25) is 0 Å². The minimum absolute atomic E-state index is 0.0236. The third-order valence-corrected chi connectivity index (χ3v) is 2.38. The van der Waals surface area contributed by atoms with Gasteiger partial charge in [-0.3, -0.25) is 0 Å². The minimum Gasteiger partial charge on any atom is -0.396 e. The largest absolute Gasteiger partial charge is 0.396 e. The number of benzene rings is 1. The van der Waals surface area contributed by atoms with E-state index in [2.05, 4.69) is 0 Å². The summed E-state index contributed by atoms with van der Waals surface area (Å²) in [5.41, 5.74) is 0.314. The highest BCUT2D eigenvalue weighted by Gasteiger charge is 2.23.